The molecule has 6 nitrogen and oxygen atoms in total. The molecule has 104 valence electrons. The van der Waals surface area contributed by atoms with E-state index in [1.54, 1.807) is 0 Å². The molecule has 0 aliphatic heterocycles. The summed E-state index contributed by atoms with van der Waals surface area (Å²) in [6.45, 7) is 0.393. The molecule has 0 saturated heterocycles. The van der Waals surface area contributed by atoms with Crippen LogP contribution in [0.4, 0.5) is 0 Å². The van der Waals surface area contributed by atoms with Crippen molar-refractivity contribution in [1.29, 1.82) is 0 Å². The molecule has 2 aromatic rings. The van der Waals surface area contributed by atoms with Gasteiger partial charge in [0.05, 0.1) is 13.1 Å². The fourth-order valence-electron chi connectivity index (χ4n) is 2.12. The van der Waals surface area contributed by atoms with Gasteiger partial charge in [-0.05, 0) is 25.0 Å². The fourth-order valence-corrected chi connectivity index (χ4v) is 2.12. The Balaban J connectivity index is 1.71. The zero-order valence-corrected chi connectivity index (χ0v) is 10.9. The number of carbonyl (C=O) groups is 1. The minimum absolute atomic E-state index is 0.00766. The van der Waals surface area contributed by atoms with E-state index >= 15 is 0 Å². The van der Waals surface area contributed by atoms with E-state index in [4.69, 9.17) is 9.52 Å². The number of benzene rings is 1. The van der Waals surface area contributed by atoms with Gasteiger partial charge in [-0.1, -0.05) is 18.2 Å². The lowest BCUT2D eigenvalue weighted by atomic mass is 10.2. The number of carboxylic acid groups (broad SMARTS) is 1. The van der Waals surface area contributed by atoms with Crippen molar-refractivity contribution in [3.05, 3.63) is 36.2 Å². The maximum atomic E-state index is 10.9. The maximum Gasteiger partial charge on any atom is 0.317 e. The second kappa shape index (κ2) is 5.42. The molecule has 1 fully saturated rings. The van der Waals surface area contributed by atoms with E-state index in [-0.39, 0.29) is 6.54 Å². The van der Waals surface area contributed by atoms with Gasteiger partial charge in [-0.2, -0.15) is 0 Å². The molecule has 1 N–H and O–H groups in total. The monoisotopic (exact) mass is 273 g/mol. The van der Waals surface area contributed by atoms with Gasteiger partial charge in [-0.3, -0.25) is 9.69 Å². The molecule has 0 unspecified atom stereocenters. The van der Waals surface area contributed by atoms with Crippen LogP contribution in [-0.2, 0) is 11.3 Å². The molecular weight excluding hydrogens is 258 g/mol. The van der Waals surface area contributed by atoms with E-state index in [2.05, 4.69) is 10.2 Å². The van der Waals surface area contributed by atoms with Crippen LogP contribution in [0.1, 0.15) is 18.7 Å². The van der Waals surface area contributed by atoms with Crippen molar-refractivity contribution in [2.75, 3.05) is 6.54 Å². The van der Waals surface area contributed by atoms with Crippen LogP contribution in [0.25, 0.3) is 11.5 Å². The highest BCUT2D eigenvalue weighted by molar-refractivity contribution is 5.69. The third-order valence-corrected chi connectivity index (χ3v) is 3.23. The smallest absolute Gasteiger partial charge is 0.317 e. The van der Waals surface area contributed by atoms with Crippen LogP contribution in [0.2, 0.25) is 0 Å². The zero-order valence-electron chi connectivity index (χ0n) is 10.9. The molecule has 0 radical (unpaired) electrons. The number of nitrogens with zero attached hydrogens (tertiary/aromatic N) is 3. The molecule has 0 amide bonds. The predicted octanol–water partition coefficient (Wildman–Crippen LogP) is 1.79. The molecule has 0 spiro atoms. The molecule has 1 saturated carbocycles. The SMILES string of the molecule is O=C(O)CN(Cc1nnc(-c2ccccc2)o1)C1CC1. The molecule has 1 aliphatic carbocycles. The van der Waals surface area contributed by atoms with Gasteiger partial charge in [0.15, 0.2) is 0 Å². The van der Waals surface area contributed by atoms with Crippen molar-refractivity contribution in [2.24, 2.45) is 0 Å². The average Bonchev–Trinajstić information content (AvgIpc) is 3.19. The molecular formula is C14H15N3O3. The lowest BCUT2D eigenvalue weighted by Gasteiger charge is -2.16. The van der Waals surface area contributed by atoms with E-state index < -0.39 is 5.97 Å². The van der Waals surface area contributed by atoms with Gasteiger partial charge < -0.3 is 9.52 Å². The second-order valence-electron chi connectivity index (χ2n) is 4.90. The Morgan fingerprint density at radius 2 is 2.05 bits per heavy atom. The van der Waals surface area contributed by atoms with Gasteiger partial charge in [0.1, 0.15) is 0 Å². The molecule has 1 aromatic heterocycles. The van der Waals surface area contributed by atoms with Gasteiger partial charge in [-0.15, -0.1) is 10.2 Å². The molecule has 0 atom stereocenters. The van der Waals surface area contributed by atoms with Gasteiger partial charge >= 0.3 is 5.97 Å². The second-order valence-corrected chi connectivity index (χ2v) is 4.90. The maximum absolute atomic E-state index is 10.9. The summed E-state index contributed by atoms with van der Waals surface area (Å²) in [5.41, 5.74) is 0.863. The number of carboxylic acids is 1. The van der Waals surface area contributed by atoms with E-state index in [0.29, 0.717) is 24.4 Å². The Hall–Kier alpha value is -2.21. The number of aliphatic carboxylic acids is 1. The molecule has 0 bridgehead atoms. The molecule has 20 heavy (non-hydrogen) atoms. The summed E-state index contributed by atoms with van der Waals surface area (Å²) in [4.78, 5) is 12.7. The van der Waals surface area contributed by atoms with Crippen LogP contribution in [0.3, 0.4) is 0 Å². The standard InChI is InChI=1S/C14H15N3O3/c18-13(19)9-17(11-6-7-11)8-12-15-16-14(20-12)10-4-2-1-3-5-10/h1-5,11H,6-9H2,(H,18,19). The predicted molar refractivity (Wildman–Crippen MR) is 70.8 cm³/mol. The van der Waals surface area contributed by atoms with Crippen LogP contribution >= 0.6 is 0 Å². The first-order valence-corrected chi connectivity index (χ1v) is 6.56. The minimum atomic E-state index is -0.834. The summed E-state index contributed by atoms with van der Waals surface area (Å²) in [6, 6.07) is 9.85. The Kier molecular flexibility index (Phi) is 3.47. The summed E-state index contributed by atoms with van der Waals surface area (Å²) in [5, 5.41) is 16.9. The first kappa shape index (κ1) is 12.8. The summed E-state index contributed by atoms with van der Waals surface area (Å²) >= 11 is 0. The van der Waals surface area contributed by atoms with Crippen LogP contribution in [-0.4, -0.2) is 38.8 Å². The number of rotatable bonds is 6. The highest BCUT2D eigenvalue weighted by atomic mass is 16.4. The van der Waals surface area contributed by atoms with E-state index in [1.165, 1.54) is 0 Å². The summed E-state index contributed by atoms with van der Waals surface area (Å²) in [6.07, 6.45) is 2.07. The van der Waals surface area contributed by atoms with E-state index in [9.17, 15) is 4.79 Å². The normalized spacial score (nSPS) is 14.7. The summed E-state index contributed by atoms with van der Waals surface area (Å²) in [7, 11) is 0. The van der Waals surface area contributed by atoms with Gasteiger partial charge in [0.2, 0.25) is 11.8 Å². The number of aromatic nitrogens is 2. The first-order valence-electron chi connectivity index (χ1n) is 6.56. The van der Waals surface area contributed by atoms with E-state index in [0.717, 1.165) is 18.4 Å². The number of hydrogen-bond acceptors (Lipinski definition) is 5. The van der Waals surface area contributed by atoms with Crippen molar-refractivity contribution in [2.45, 2.75) is 25.4 Å². The van der Waals surface area contributed by atoms with E-state index in [1.807, 2.05) is 35.2 Å². The van der Waals surface area contributed by atoms with Crippen LogP contribution < -0.4 is 0 Å². The molecule has 1 aromatic carbocycles. The largest absolute Gasteiger partial charge is 0.480 e. The van der Waals surface area contributed by atoms with Crippen molar-refractivity contribution >= 4 is 5.97 Å². The van der Waals surface area contributed by atoms with Crippen molar-refractivity contribution in [3.8, 4) is 11.5 Å². The summed E-state index contributed by atoms with van der Waals surface area (Å²) in [5.74, 6) is 0.0865. The lowest BCUT2D eigenvalue weighted by molar-refractivity contribution is -0.138. The Morgan fingerprint density at radius 3 is 2.70 bits per heavy atom. The molecule has 1 aliphatic rings. The molecule has 1 heterocycles. The number of hydrogen-bond donors (Lipinski definition) is 1. The van der Waals surface area contributed by atoms with Gasteiger partial charge in [0.25, 0.3) is 0 Å². The average molecular weight is 273 g/mol. The van der Waals surface area contributed by atoms with Crippen LogP contribution in [0.5, 0.6) is 0 Å². The van der Waals surface area contributed by atoms with Crippen molar-refractivity contribution in [1.82, 2.24) is 15.1 Å². The minimum Gasteiger partial charge on any atom is -0.480 e. The Bertz CT molecular complexity index is 593. The van der Waals surface area contributed by atoms with Crippen molar-refractivity contribution in [3.63, 3.8) is 0 Å². The third kappa shape index (κ3) is 3.03. The van der Waals surface area contributed by atoms with Crippen molar-refractivity contribution < 1.29 is 14.3 Å². The van der Waals surface area contributed by atoms with Gasteiger partial charge in [-0.25, -0.2) is 0 Å². The topological polar surface area (TPSA) is 79.5 Å². The first-order chi connectivity index (χ1) is 9.72. The quantitative estimate of drug-likeness (QED) is 0.864. The van der Waals surface area contributed by atoms with Gasteiger partial charge in [0, 0.05) is 11.6 Å². The molecule has 6 heteroatoms. The Labute approximate surface area is 116 Å². The Morgan fingerprint density at radius 1 is 1.30 bits per heavy atom. The molecule has 3 rings (SSSR count). The summed E-state index contributed by atoms with van der Waals surface area (Å²) < 4.78 is 5.60. The third-order valence-electron chi connectivity index (χ3n) is 3.23. The van der Waals surface area contributed by atoms with Crippen LogP contribution in [0.15, 0.2) is 34.7 Å². The highest BCUT2D eigenvalue weighted by Crippen LogP contribution is 2.28. The zero-order chi connectivity index (χ0) is 13.9. The fraction of sp³-hybridized carbons (Fsp3) is 0.357. The lowest BCUT2D eigenvalue weighted by Crippen LogP contribution is -2.31. The van der Waals surface area contributed by atoms with Crippen LogP contribution in [0, 0.1) is 0 Å². The highest BCUT2D eigenvalue weighted by Gasteiger charge is 2.31.